The zero-order chi connectivity index (χ0) is 17.3. The summed E-state index contributed by atoms with van der Waals surface area (Å²) in [6, 6.07) is 2.87. The van der Waals surface area contributed by atoms with Crippen LogP contribution in [0.3, 0.4) is 0 Å². The first-order valence-electron chi connectivity index (χ1n) is 7.11. The molecule has 2 heterocycles. The Kier molecular flexibility index (Phi) is 4.74. The number of hydrogen-bond acceptors (Lipinski definition) is 5. The number of rotatable bonds is 3. The molecule has 1 unspecified atom stereocenters. The number of aliphatic hydroxyl groups is 1. The molecule has 1 atom stereocenters. The van der Waals surface area contributed by atoms with Gasteiger partial charge in [-0.1, -0.05) is 0 Å². The van der Waals surface area contributed by atoms with Crippen LogP contribution in [0, 0.1) is 11.6 Å². The Morgan fingerprint density at radius 3 is 3.00 bits per heavy atom. The molecule has 2 aromatic rings. The minimum Gasteiger partial charge on any atom is -0.488 e. The first kappa shape index (κ1) is 16.7. The van der Waals surface area contributed by atoms with Gasteiger partial charge in [-0.2, -0.15) is 0 Å². The molecule has 3 rings (SSSR count). The molecular weight excluding hydrogens is 340 g/mol. The van der Waals surface area contributed by atoms with Crippen molar-refractivity contribution >= 4 is 23.5 Å². The Hall–Kier alpha value is -2.10. The van der Waals surface area contributed by atoms with Gasteiger partial charge in [0.2, 0.25) is 0 Å². The molecule has 1 aliphatic heterocycles. The van der Waals surface area contributed by atoms with Gasteiger partial charge in [-0.15, -0.1) is 0 Å². The molecule has 1 aromatic carbocycles. The lowest BCUT2D eigenvalue weighted by molar-refractivity contribution is 0.101. The van der Waals surface area contributed by atoms with Crippen LogP contribution in [-0.4, -0.2) is 34.8 Å². The third-order valence-electron chi connectivity index (χ3n) is 3.48. The van der Waals surface area contributed by atoms with Crippen LogP contribution < -0.4 is 14.8 Å². The monoisotopic (exact) mass is 355 g/mol. The van der Waals surface area contributed by atoms with Crippen LogP contribution in [0.2, 0.25) is 0 Å². The average molecular weight is 355 g/mol. The lowest BCUT2D eigenvalue weighted by atomic mass is 10.2. The molecule has 1 aliphatic rings. The van der Waals surface area contributed by atoms with Crippen LogP contribution >= 0.6 is 11.9 Å². The summed E-state index contributed by atoms with van der Waals surface area (Å²) in [4.78, 5) is 13.2. The number of nitrogens with zero attached hydrogens (tertiary/aromatic N) is 1. The van der Waals surface area contributed by atoms with E-state index >= 15 is 0 Å². The molecule has 1 aromatic heterocycles. The zero-order valence-corrected chi connectivity index (χ0v) is 13.5. The van der Waals surface area contributed by atoms with Crippen LogP contribution in [0.1, 0.15) is 10.5 Å². The largest absolute Gasteiger partial charge is 0.488 e. The molecular formula is C15H15F2N3O3S. The van der Waals surface area contributed by atoms with E-state index in [1.807, 2.05) is 0 Å². The number of aryl methyl sites for hydroxylation is 1. The first-order valence-corrected chi connectivity index (χ1v) is 7.93. The normalized spacial score (nSPS) is 16.9. The first-order chi connectivity index (χ1) is 11.5. The molecule has 0 spiro atoms. The van der Waals surface area contributed by atoms with Crippen molar-refractivity contribution in [2.45, 2.75) is 10.9 Å². The van der Waals surface area contributed by atoms with Crippen molar-refractivity contribution in [2.24, 2.45) is 7.05 Å². The summed E-state index contributed by atoms with van der Waals surface area (Å²) in [5.74, 6) is -2.15. The second-order valence-corrected chi connectivity index (χ2v) is 6.16. The maximum absolute atomic E-state index is 13.3. The Morgan fingerprint density at radius 2 is 2.29 bits per heavy atom. The molecule has 0 saturated heterocycles. The number of carbonyl (C=O) groups is 1. The quantitative estimate of drug-likeness (QED) is 0.734. The molecule has 3 N–H and O–H groups in total. The van der Waals surface area contributed by atoms with E-state index in [9.17, 15) is 18.7 Å². The summed E-state index contributed by atoms with van der Waals surface area (Å²) in [6.07, 6.45) is 1.72. The van der Waals surface area contributed by atoms with Crippen LogP contribution in [0.4, 0.5) is 14.5 Å². The number of fused-ring (bicyclic) bond motifs is 1. The molecule has 0 saturated carbocycles. The third-order valence-corrected chi connectivity index (χ3v) is 4.44. The predicted molar refractivity (Wildman–Crippen MR) is 85.1 cm³/mol. The second-order valence-electron chi connectivity index (χ2n) is 5.28. The summed E-state index contributed by atoms with van der Waals surface area (Å²) in [5, 5.41) is 11.7. The van der Waals surface area contributed by atoms with Gasteiger partial charge in [-0.05, 0) is 24.1 Å². The number of carbonyl (C=O) groups excluding carboxylic acids is 1. The Morgan fingerprint density at radius 1 is 1.50 bits per heavy atom. The number of aliphatic hydroxyl groups excluding tert-OH is 1. The van der Waals surface area contributed by atoms with Crippen LogP contribution in [0.5, 0.6) is 5.75 Å². The van der Waals surface area contributed by atoms with Crippen LogP contribution in [0.15, 0.2) is 29.3 Å². The van der Waals surface area contributed by atoms with E-state index in [0.29, 0.717) is 10.6 Å². The molecule has 0 aliphatic carbocycles. The minimum atomic E-state index is -1.04. The minimum absolute atomic E-state index is 0.0974. The maximum Gasteiger partial charge on any atom is 0.276 e. The highest BCUT2D eigenvalue weighted by Crippen LogP contribution is 2.35. The highest BCUT2D eigenvalue weighted by molar-refractivity contribution is 7.97. The molecule has 128 valence electrons. The summed E-state index contributed by atoms with van der Waals surface area (Å²) in [5.41, 5.74) is 0.393. The van der Waals surface area contributed by atoms with E-state index < -0.39 is 17.5 Å². The van der Waals surface area contributed by atoms with Gasteiger partial charge in [0.1, 0.15) is 6.61 Å². The smallest absolute Gasteiger partial charge is 0.276 e. The van der Waals surface area contributed by atoms with Gasteiger partial charge < -0.3 is 19.7 Å². The lowest BCUT2D eigenvalue weighted by Gasteiger charge is -2.13. The van der Waals surface area contributed by atoms with Crippen molar-refractivity contribution in [2.75, 3.05) is 18.5 Å². The molecule has 24 heavy (non-hydrogen) atoms. The maximum atomic E-state index is 13.3. The molecule has 0 bridgehead atoms. The molecule has 0 radical (unpaired) electrons. The van der Waals surface area contributed by atoms with Crippen molar-refractivity contribution < 1.29 is 23.4 Å². The summed E-state index contributed by atoms with van der Waals surface area (Å²) < 4.78 is 36.5. The van der Waals surface area contributed by atoms with Crippen molar-refractivity contribution in [3.05, 3.63) is 41.7 Å². The Bertz CT molecular complexity index is 782. The number of ether oxygens (including phenoxy) is 1. The van der Waals surface area contributed by atoms with Gasteiger partial charge in [-0.25, -0.2) is 8.78 Å². The number of nitrogens with one attached hydrogen (secondary N) is 2. The van der Waals surface area contributed by atoms with Gasteiger partial charge in [0.15, 0.2) is 23.1 Å². The van der Waals surface area contributed by atoms with E-state index in [0.717, 1.165) is 12.1 Å². The Balaban J connectivity index is 1.85. The van der Waals surface area contributed by atoms with Gasteiger partial charge >= 0.3 is 0 Å². The van der Waals surface area contributed by atoms with Crippen LogP contribution in [0.25, 0.3) is 0 Å². The van der Waals surface area contributed by atoms with Crippen molar-refractivity contribution in [3.63, 3.8) is 0 Å². The van der Waals surface area contributed by atoms with E-state index in [2.05, 4.69) is 10.0 Å². The standard InChI is InChI=1S/C15H15F2N3O3S/c1-20-5-12-14(23-7-9(6-21)19-24-12)13(20)15(22)18-8-2-3-10(16)11(17)4-8/h2-5,9,19,21H,6-7H2,1H3,(H,18,22). The molecule has 6 nitrogen and oxygen atoms in total. The fourth-order valence-electron chi connectivity index (χ4n) is 2.27. The van der Waals surface area contributed by atoms with Gasteiger partial charge in [-0.3, -0.25) is 9.52 Å². The fraction of sp³-hybridized carbons (Fsp3) is 0.267. The SMILES string of the molecule is Cn1cc2c(c1C(=O)Nc1ccc(F)c(F)c1)OCC(CO)NS2. The average Bonchev–Trinajstić information content (AvgIpc) is 2.73. The summed E-state index contributed by atoms with van der Waals surface area (Å²) in [6.45, 7) is 0.103. The topological polar surface area (TPSA) is 75.5 Å². The number of amides is 1. The lowest BCUT2D eigenvalue weighted by Crippen LogP contribution is -2.32. The van der Waals surface area contributed by atoms with Crippen LogP contribution in [-0.2, 0) is 7.05 Å². The zero-order valence-electron chi connectivity index (χ0n) is 12.7. The number of anilines is 1. The number of aromatic nitrogens is 1. The molecule has 0 fully saturated rings. The highest BCUT2D eigenvalue weighted by Gasteiger charge is 2.26. The van der Waals surface area contributed by atoms with E-state index in [1.165, 1.54) is 18.0 Å². The number of benzene rings is 1. The summed E-state index contributed by atoms with van der Waals surface area (Å²) >= 11 is 1.26. The second kappa shape index (κ2) is 6.80. The molecule has 9 heteroatoms. The Labute approximate surface area is 140 Å². The van der Waals surface area contributed by atoms with E-state index in [4.69, 9.17) is 4.74 Å². The van der Waals surface area contributed by atoms with Crippen molar-refractivity contribution in [1.29, 1.82) is 0 Å². The third kappa shape index (κ3) is 3.23. The van der Waals surface area contributed by atoms with Gasteiger partial charge in [0.05, 0.1) is 17.5 Å². The van der Waals surface area contributed by atoms with Gasteiger partial charge in [0.25, 0.3) is 5.91 Å². The van der Waals surface area contributed by atoms with Gasteiger partial charge in [0, 0.05) is 25.0 Å². The van der Waals surface area contributed by atoms with E-state index in [1.54, 1.807) is 17.8 Å². The highest BCUT2D eigenvalue weighted by atomic mass is 32.2. The van der Waals surface area contributed by atoms with Crippen molar-refractivity contribution in [1.82, 2.24) is 9.29 Å². The summed E-state index contributed by atoms with van der Waals surface area (Å²) in [7, 11) is 1.68. The fourth-order valence-corrected chi connectivity index (χ4v) is 3.17. The number of hydrogen-bond donors (Lipinski definition) is 3. The predicted octanol–water partition coefficient (Wildman–Crippen LogP) is 1.91. The molecule has 1 amide bonds. The number of halogens is 2. The van der Waals surface area contributed by atoms with Crippen molar-refractivity contribution in [3.8, 4) is 5.75 Å². The van der Waals surface area contributed by atoms with E-state index in [-0.39, 0.29) is 30.6 Å².